The highest BCUT2D eigenvalue weighted by atomic mass is 16.6. The number of epoxide rings is 1. The van der Waals surface area contributed by atoms with Gasteiger partial charge in [0.15, 0.2) is 0 Å². The molecule has 19 atom stereocenters. The van der Waals surface area contributed by atoms with E-state index in [1.165, 1.54) is 205 Å². The van der Waals surface area contributed by atoms with E-state index in [2.05, 4.69) is 20.4 Å². The third kappa shape index (κ3) is 18.3. The van der Waals surface area contributed by atoms with Crippen LogP contribution in [0.2, 0.25) is 0 Å². The molecule has 4 bridgehead atoms. The second-order valence-electron chi connectivity index (χ2n) is 29.9. The van der Waals surface area contributed by atoms with Crippen LogP contribution in [0.1, 0.15) is 284 Å². The van der Waals surface area contributed by atoms with E-state index in [1.807, 2.05) is 0 Å². The van der Waals surface area contributed by atoms with Crippen LogP contribution in [0.15, 0.2) is 12.2 Å². The summed E-state index contributed by atoms with van der Waals surface area (Å²) < 4.78 is 29.1. The zero-order valence-corrected chi connectivity index (χ0v) is 52.7. The lowest BCUT2D eigenvalue weighted by atomic mass is 9.61. The Balaban J connectivity index is 0.633. The first kappa shape index (κ1) is 64.1. The Morgan fingerprint density at radius 3 is 1.35 bits per heavy atom. The second kappa shape index (κ2) is 33.1. The molecular weight excluding hydrogens is 1020 g/mol. The highest BCUT2D eigenvalue weighted by molar-refractivity contribution is 5.86. The minimum absolute atomic E-state index is 0.00410. The third-order valence-corrected chi connectivity index (χ3v) is 24.3. The molecule has 8 aliphatic carbocycles. The van der Waals surface area contributed by atoms with Gasteiger partial charge in [0, 0.05) is 18.4 Å². The first-order chi connectivity index (χ1) is 40.1. The van der Waals surface area contributed by atoms with Gasteiger partial charge >= 0.3 is 23.9 Å². The van der Waals surface area contributed by atoms with Gasteiger partial charge in [0.05, 0.1) is 44.6 Å². The molecular formula is C73H120O9. The third-order valence-electron chi connectivity index (χ3n) is 24.3. The van der Waals surface area contributed by atoms with Crippen LogP contribution in [0.4, 0.5) is 0 Å². The Morgan fingerprint density at radius 2 is 0.841 bits per heavy atom. The monoisotopic (exact) mass is 1140 g/mol. The molecule has 8 saturated carbocycles. The molecule has 82 heavy (non-hydrogen) atoms. The summed E-state index contributed by atoms with van der Waals surface area (Å²) in [6.07, 6.45) is 51.6. The molecule has 0 spiro atoms. The van der Waals surface area contributed by atoms with Crippen molar-refractivity contribution in [3.63, 3.8) is 0 Å². The van der Waals surface area contributed by atoms with Crippen molar-refractivity contribution >= 4 is 23.9 Å². The first-order valence-electron chi connectivity index (χ1n) is 36.0. The molecule has 1 heterocycles. The summed E-state index contributed by atoms with van der Waals surface area (Å²) >= 11 is 0. The minimum Gasteiger partial charge on any atom is -0.465 e. The van der Waals surface area contributed by atoms with Gasteiger partial charge in [0.1, 0.15) is 0 Å². The summed E-state index contributed by atoms with van der Waals surface area (Å²) in [5, 5.41) is 0. The lowest BCUT2D eigenvalue weighted by Gasteiger charge is -2.44. The van der Waals surface area contributed by atoms with Gasteiger partial charge < -0.3 is 23.7 Å². The van der Waals surface area contributed by atoms with Gasteiger partial charge in [-0.25, -0.2) is 4.79 Å². The Kier molecular flexibility index (Phi) is 25.8. The predicted molar refractivity (Wildman–Crippen MR) is 327 cm³/mol. The molecule has 0 radical (unpaired) electrons. The fourth-order valence-electron chi connectivity index (χ4n) is 20.0. The second-order valence-corrected chi connectivity index (χ2v) is 29.9. The van der Waals surface area contributed by atoms with E-state index in [0.717, 1.165) is 98.2 Å². The first-order valence-corrected chi connectivity index (χ1v) is 36.0. The number of hydrogen-bond donors (Lipinski definition) is 0. The Labute approximate surface area is 499 Å². The SMILES string of the molecule is C=C(C)C(=O)OCC1CC2CC1[C@H]1CC(COC(=O)CCCCCCCCC3C(CCCCCC)CCC(CCCCCCCC)C3CCCCCCCCC(=O)OCC3CC4CC3[C@H]3CC(COC(=O)C5CCC6OC6C5)C[C@@H]43)C[C@@H]21. The molecule has 15 unspecified atom stereocenters. The normalized spacial score (nSPS) is 35.5. The van der Waals surface area contributed by atoms with E-state index in [1.54, 1.807) is 6.92 Å². The predicted octanol–water partition coefficient (Wildman–Crippen LogP) is 18.1. The zero-order valence-electron chi connectivity index (χ0n) is 52.7. The molecule has 0 aromatic rings. The number of carbonyl (C=O) groups excluding carboxylic acids is 4. The van der Waals surface area contributed by atoms with Crippen LogP contribution >= 0.6 is 0 Å². The summed E-state index contributed by atoms with van der Waals surface area (Å²) in [6, 6.07) is 0. The number of fused-ring (bicyclic) bond motifs is 11. The van der Waals surface area contributed by atoms with Gasteiger partial charge in [-0.2, -0.15) is 0 Å². The molecule has 9 aliphatic rings. The summed E-state index contributed by atoms with van der Waals surface area (Å²) in [6.45, 7) is 12.5. The van der Waals surface area contributed by atoms with Gasteiger partial charge in [-0.1, -0.05) is 162 Å². The van der Waals surface area contributed by atoms with Crippen molar-refractivity contribution in [2.24, 2.45) is 101 Å². The lowest BCUT2D eigenvalue weighted by Crippen LogP contribution is -2.35. The molecule has 0 amide bonds. The number of ether oxygens (including phenoxy) is 5. The summed E-state index contributed by atoms with van der Waals surface area (Å²) in [4.78, 5) is 50.8. The summed E-state index contributed by atoms with van der Waals surface area (Å²) in [5.41, 5.74) is 0.481. The maximum Gasteiger partial charge on any atom is 0.333 e. The Hall–Kier alpha value is -2.42. The molecule has 9 rings (SSSR count). The quantitative estimate of drug-likeness (QED) is 0.0194. The van der Waals surface area contributed by atoms with Crippen molar-refractivity contribution in [2.75, 3.05) is 26.4 Å². The van der Waals surface area contributed by atoms with Crippen molar-refractivity contribution in [1.82, 2.24) is 0 Å². The molecule has 1 aliphatic heterocycles. The fourth-order valence-corrected chi connectivity index (χ4v) is 20.0. The maximum atomic E-state index is 13.0. The molecule has 9 fully saturated rings. The van der Waals surface area contributed by atoms with E-state index >= 15 is 0 Å². The highest BCUT2D eigenvalue weighted by Gasteiger charge is 2.57. The number of esters is 4. The van der Waals surface area contributed by atoms with E-state index in [-0.39, 0.29) is 29.8 Å². The molecule has 9 heteroatoms. The molecule has 0 N–H and O–H groups in total. The van der Waals surface area contributed by atoms with E-state index < -0.39 is 0 Å². The van der Waals surface area contributed by atoms with Crippen molar-refractivity contribution < 1.29 is 42.9 Å². The molecule has 466 valence electrons. The number of rotatable bonds is 40. The van der Waals surface area contributed by atoms with E-state index in [0.29, 0.717) is 98.5 Å². The average molecular weight is 1140 g/mol. The van der Waals surface area contributed by atoms with Crippen LogP contribution in [-0.2, 0) is 42.9 Å². The Bertz CT molecular complexity index is 1970. The standard InChI is InChI=1S/C73H120O9/c1-5-7-9-11-16-22-28-54-34-33-53(27-21-10-8-6-2)60(29-23-17-12-14-19-25-31-70(74)78-46-51-37-62-57-42-59(49-81-72(76)50(3)4)65(44-57)66(62)39-51)61(54)30-24-18-13-15-20-26-32-71(75)79-48-58-41-56-43-64(58)67-40-52(38-63(56)67)47-80-73(77)55-35-36-68-69(45-55)82-68/h51-69H,3,5-49H2,1-2,4H3/t51?,52?,53?,54?,55?,56?,57?,58?,59?,60?,61?,62-,63-,64?,65?,66-,67-,68?,69?/m0/s1. The lowest BCUT2D eigenvalue weighted by molar-refractivity contribution is -0.151. The van der Waals surface area contributed by atoms with Crippen LogP contribution in [0.5, 0.6) is 0 Å². The van der Waals surface area contributed by atoms with E-state index in [9.17, 15) is 19.2 Å². The van der Waals surface area contributed by atoms with Gasteiger partial charge in [-0.05, 0) is 211 Å². The molecule has 0 aromatic carbocycles. The van der Waals surface area contributed by atoms with Gasteiger partial charge in [-0.3, -0.25) is 14.4 Å². The highest BCUT2D eigenvalue weighted by Crippen LogP contribution is 2.63. The summed E-state index contributed by atoms with van der Waals surface area (Å²) in [5.74, 6) is 11.3. The zero-order chi connectivity index (χ0) is 57.2. The van der Waals surface area contributed by atoms with Crippen LogP contribution < -0.4 is 0 Å². The number of hydrogen-bond acceptors (Lipinski definition) is 9. The smallest absolute Gasteiger partial charge is 0.333 e. The number of unbranched alkanes of at least 4 members (excludes halogenated alkanes) is 18. The average Bonchev–Trinajstić information content (AvgIpc) is 3.06. The number of carbonyl (C=O) groups is 4. The van der Waals surface area contributed by atoms with Gasteiger partial charge in [-0.15, -0.1) is 0 Å². The maximum absolute atomic E-state index is 13.0. The van der Waals surface area contributed by atoms with Crippen LogP contribution in [0, 0.1) is 101 Å². The van der Waals surface area contributed by atoms with E-state index in [4.69, 9.17) is 23.7 Å². The molecule has 1 saturated heterocycles. The summed E-state index contributed by atoms with van der Waals surface area (Å²) in [7, 11) is 0. The van der Waals surface area contributed by atoms with Crippen LogP contribution in [0.3, 0.4) is 0 Å². The Morgan fingerprint density at radius 1 is 0.402 bits per heavy atom. The van der Waals surface area contributed by atoms with Crippen molar-refractivity contribution in [3.8, 4) is 0 Å². The van der Waals surface area contributed by atoms with Crippen LogP contribution in [0.25, 0.3) is 0 Å². The van der Waals surface area contributed by atoms with Crippen molar-refractivity contribution in [3.05, 3.63) is 12.2 Å². The molecule has 9 nitrogen and oxygen atoms in total. The molecule has 0 aromatic heterocycles. The largest absolute Gasteiger partial charge is 0.465 e. The van der Waals surface area contributed by atoms with Crippen molar-refractivity contribution in [2.45, 2.75) is 296 Å². The van der Waals surface area contributed by atoms with Gasteiger partial charge in [0.25, 0.3) is 0 Å². The minimum atomic E-state index is -0.258. The van der Waals surface area contributed by atoms with Crippen LogP contribution in [-0.4, -0.2) is 62.5 Å². The topological polar surface area (TPSA) is 118 Å². The fraction of sp³-hybridized carbons (Fsp3) is 0.918. The van der Waals surface area contributed by atoms with Crippen molar-refractivity contribution in [1.29, 1.82) is 0 Å². The van der Waals surface area contributed by atoms with Gasteiger partial charge in [0.2, 0.25) is 0 Å².